The number of carbonyl (C=O) groups excluding carboxylic acids is 2. The highest BCUT2D eigenvalue weighted by Gasteiger charge is 2.30. The van der Waals surface area contributed by atoms with Crippen molar-refractivity contribution in [3.63, 3.8) is 0 Å². The number of urea groups is 1. The topological polar surface area (TPSA) is 88.5 Å². The molecule has 0 bridgehead atoms. The summed E-state index contributed by atoms with van der Waals surface area (Å²) in [5.74, 6) is 0.544. The van der Waals surface area contributed by atoms with E-state index in [0.717, 1.165) is 11.3 Å². The molecule has 2 heterocycles. The van der Waals surface area contributed by atoms with E-state index in [1.165, 1.54) is 0 Å². The quantitative estimate of drug-likeness (QED) is 0.790. The van der Waals surface area contributed by atoms with Gasteiger partial charge in [-0.05, 0) is 39.0 Å². The minimum absolute atomic E-state index is 0.324. The number of hydrogen-bond acceptors (Lipinski definition) is 4. The number of fused-ring (bicyclic) bond motifs is 1. The first-order valence-electron chi connectivity index (χ1n) is 8.98. The number of carbonyl (C=O) groups is 2. The third kappa shape index (κ3) is 4.75. The number of nitrogens with zero attached hydrogens (tertiary/aromatic N) is 3. The van der Waals surface area contributed by atoms with Gasteiger partial charge in [0.25, 0.3) is 0 Å². The van der Waals surface area contributed by atoms with Crippen molar-refractivity contribution in [1.82, 2.24) is 14.7 Å². The molecule has 2 aromatic rings. The number of aryl methyl sites for hydroxylation is 1. The second-order valence-electron chi connectivity index (χ2n) is 7.64. The number of rotatable bonds is 2. The molecule has 0 radical (unpaired) electrons. The van der Waals surface area contributed by atoms with E-state index in [1.807, 2.05) is 20.8 Å². The summed E-state index contributed by atoms with van der Waals surface area (Å²) < 4.78 is 7.07. The van der Waals surface area contributed by atoms with Crippen LogP contribution >= 0.6 is 11.6 Å². The average Bonchev–Trinajstić information content (AvgIpc) is 2.88. The molecule has 3 rings (SSSR count). The zero-order valence-electron chi connectivity index (χ0n) is 16.4. The molecular formula is C19H24ClN5O3. The molecule has 0 saturated heterocycles. The van der Waals surface area contributed by atoms with Crippen LogP contribution in [-0.4, -0.2) is 39.0 Å². The van der Waals surface area contributed by atoms with Gasteiger partial charge in [-0.15, -0.1) is 0 Å². The number of anilines is 2. The fourth-order valence-corrected chi connectivity index (χ4v) is 3.17. The Labute approximate surface area is 168 Å². The molecule has 0 atom stereocenters. The third-order valence-electron chi connectivity index (χ3n) is 4.16. The van der Waals surface area contributed by atoms with Gasteiger partial charge in [0.1, 0.15) is 11.4 Å². The van der Waals surface area contributed by atoms with Crippen LogP contribution < -0.4 is 10.6 Å². The smallest absolute Gasteiger partial charge is 0.410 e. The Morgan fingerprint density at radius 1 is 1.25 bits per heavy atom. The molecule has 0 saturated carbocycles. The standard InChI is InChI=1S/C19H24ClN5O3/c1-19(2,3)28-18(27)25-9-8-15-14(11-25)16(24(4)23-15)22-17(26)21-13-7-5-6-12(20)10-13/h5-7,10H,8-9,11H2,1-4H3,(H2,21,22,26). The van der Waals surface area contributed by atoms with Gasteiger partial charge in [-0.2, -0.15) is 5.10 Å². The predicted molar refractivity (Wildman–Crippen MR) is 108 cm³/mol. The fraction of sp³-hybridized carbons (Fsp3) is 0.421. The van der Waals surface area contributed by atoms with Gasteiger partial charge in [-0.3, -0.25) is 10.00 Å². The van der Waals surface area contributed by atoms with Crippen LogP contribution in [-0.2, 0) is 24.8 Å². The lowest BCUT2D eigenvalue weighted by molar-refractivity contribution is 0.0224. The summed E-state index contributed by atoms with van der Waals surface area (Å²) in [7, 11) is 1.76. The Balaban J connectivity index is 1.73. The van der Waals surface area contributed by atoms with E-state index in [1.54, 1.807) is 40.9 Å². The van der Waals surface area contributed by atoms with Crippen molar-refractivity contribution in [3.05, 3.63) is 40.5 Å². The number of halogens is 1. The first-order valence-corrected chi connectivity index (χ1v) is 9.36. The van der Waals surface area contributed by atoms with Gasteiger partial charge in [-0.1, -0.05) is 17.7 Å². The maximum Gasteiger partial charge on any atom is 0.410 e. The lowest BCUT2D eigenvalue weighted by atomic mass is 10.1. The molecule has 2 N–H and O–H groups in total. The molecule has 0 aliphatic carbocycles. The van der Waals surface area contributed by atoms with Crippen LogP contribution in [0.15, 0.2) is 24.3 Å². The molecule has 0 fully saturated rings. The van der Waals surface area contributed by atoms with Gasteiger partial charge in [0.05, 0.1) is 12.2 Å². The number of ether oxygens (including phenoxy) is 1. The van der Waals surface area contributed by atoms with E-state index in [9.17, 15) is 9.59 Å². The first kappa shape index (κ1) is 20.0. The third-order valence-corrected chi connectivity index (χ3v) is 4.40. The second-order valence-corrected chi connectivity index (χ2v) is 8.08. The van der Waals surface area contributed by atoms with Crippen molar-refractivity contribution >= 4 is 35.2 Å². The summed E-state index contributed by atoms with van der Waals surface area (Å²) in [4.78, 5) is 26.4. The van der Waals surface area contributed by atoms with Crippen LogP contribution in [0.5, 0.6) is 0 Å². The van der Waals surface area contributed by atoms with Crippen LogP contribution in [0.25, 0.3) is 0 Å². The fourth-order valence-electron chi connectivity index (χ4n) is 2.98. The largest absolute Gasteiger partial charge is 0.444 e. The van der Waals surface area contributed by atoms with Crippen molar-refractivity contribution in [2.75, 3.05) is 17.2 Å². The van der Waals surface area contributed by atoms with Crippen molar-refractivity contribution < 1.29 is 14.3 Å². The Morgan fingerprint density at radius 2 is 2.00 bits per heavy atom. The minimum atomic E-state index is -0.565. The number of amides is 3. The summed E-state index contributed by atoms with van der Waals surface area (Å²) in [6.07, 6.45) is 0.219. The summed E-state index contributed by atoms with van der Waals surface area (Å²) in [6.45, 7) is 6.34. The Kier molecular flexibility index (Phi) is 5.51. The molecule has 3 amide bonds. The van der Waals surface area contributed by atoms with Crippen LogP contribution in [0.4, 0.5) is 21.1 Å². The minimum Gasteiger partial charge on any atom is -0.444 e. The zero-order chi connectivity index (χ0) is 20.5. The van der Waals surface area contributed by atoms with Gasteiger partial charge < -0.3 is 15.0 Å². The summed E-state index contributed by atoms with van der Waals surface area (Å²) in [5.41, 5.74) is 1.68. The van der Waals surface area contributed by atoms with E-state index in [2.05, 4.69) is 15.7 Å². The molecule has 0 unspecified atom stereocenters. The Morgan fingerprint density at radius 3 is 2.68 bits per heavy atom. The van der Waals surface area contributed by atoms with E-state index in [4.69, 9.17) is 16.3 Å². The van der Waals surface area contributed by atoms with Crippen molar-refractivity contribution in [3.8, 4) is 0 Å². The molecule has 150 valence electrons. The normalized spacial score (nSPS) is 13.7. The average molecular weight is 406 g/mol. The van der Waals surface area contributed by atoms with Crippen LogP contribution in [0.3, 0.4) is 0 Å². The zero-order valence-corrected chi connectivity index (χ0v) is 17.1. The highest BCUT2D eigenvalue weighted by Crippen LogP contribution is 2.27. The summed E-state index contributed by atoms with van der Waals surface area (Å²) in [5, 5.41) is 10.6. The van der Waals surface area contributed by atoms with Gasteiger partial charge in [0.15, 0.2) is 0 Å². The summed E-state index contributed by atoms with van der Waals surface area (Å²) >= 11 is 5.95. The molecular weight excluding hydrogens is 382 g/mol. The number of nitrogens with one attached hydrogen (secondary N) is 2. The Bertz CT molecular complexity index is 903. The van der Waals surface area contributed by atoms with Crippen LogP contribution in [0, 0.1) is 0 Å². The molecule has 1 aromatic carbocycles. The summed E-state index contributed by atoms with van der Waals surface area (Å²) in [6, 6.07) is 6.47. The van der Waals surface area contributed by atoms with E-state index >= 15 is 0 Å². The molecule has 0 spiro atoms. The van der Waals surface area contributed by atoms with Gasteiger partial charge in [0.2, 0.25) is 0 Å². The number of aromatic nitrogens is 2. The number of hydrogen-bond donors (Lipinski definition) is 2. The van der Waals surface area contributed by atoms with E-state index < -0.39 is 11.6 Å². The van der Waals surface area contributed by atoms with Crippen molar-refractivity contribution in [2.24, 2.45) is 7.05 Å². The van der Waals surface area contributed by atoms with Crippen molar-refractivity contribution in [1.29, 1.82) is 0 Å². The highest BCUT2D eigenvalue weighted by molar-refractivity contribution is 6.30. The van der Waals surface area contributed by atoms with Crippen LogP contribution in [0.1, 0.15) is 32.0 Å². The lowest BCUT2D eigenvalue weighted by Gasteiger charge is -2.29. The predicted octanol–water partition coefficient (Wildman–Crippen LogP) is 4.01. The Hall–Kier alpha value is -2.74. The maximum absolute atomic E-state index is 12.4. The SMILES string of the molecule is Cn1nc2c(c1NC(=O)Nc1cccc(Cl)c1)CN(C(=O)OC(C)(C)C)CC2. The van der Waals surface area contributed by atoms with Crippen molar-refractivity contribution in [2.45, 2.75) is 39.3 Å². The van der Waals surface area contributed by atoms with E-state index in [-0.39, 0.29) is 6.09 Å². The second kappa shape index (κ2) is 7.71. The molecule has 1 aromatic heterocycles. The molecule has 28 heavy (non-hydrogen) atoms. The number of benzene rings is 1. The van der Waals surface area contributed by atoms with Gasteiger partial charge in [-0.25, -0.2) is 9.59 Å². The lowest BCUT2D eigenvalue weighted by Crippen LogP contribution is -2.40. The van der Waals surface area contributed by atoms with E-state index in [0.29, 0.717) is 36.0 Å². The van der Waals surface area contributed by atoms with Crippen LogP contribution in [0.2, 0.25) is 5.02 Å². The maximum atomic E-state index is 12.4. The monoisotopic (exact) mass is 405 g/mol. The first-order chi connectivity index (χ1) is 13.1. The molecule has 8 nitrogen and oxygen atoms in total. The molecule has 1 aliphatic rings. The van der Waals surface area contributed by atoms with Gasteiger partial charge in [0, 0.05) is 36.3 Å². The molecule has 9 heteroatoms. The molecule has 1 aliphatic heterocycles. The highest BCUT2D eigenvalue weighted by atomic mass is 35.5. The van der Waals surface area contributed by atoms with Gasteiger partial charge >= 0.3 is 12.1 Å².